The number of fused-ring (bicyclic) bond motifs is 1. The molecule has 3 heterocycles. The smallest absolute Gasteiger partial charge is 0.146 e. The lowest BCUT2D eigenvalue weighted by Gasteiger charge is -2.14. The third kappa shape index (κ3) is 2.32. The van der Waals surface area contributed by atoms with Gasteiger partial charge in [-0.05, 0) is 38.3 Å². The van der Waals surface area contributed by atoms with E-state index in [-0.39, 0.29) is 0 Å². The zero-order valence-electron chi connectivity index (χ0n) is 11.7. The van der Waals surface area contributed by atoms with E-state index in [1.165, 1.54) is 16.9 Å². The van der Waals surface area contributed by atoms with E-state index in [0.717, 1.165) is 41.6 Å². The lowest BCUT2D eigenvalue weighted by molar-refractivity contribution is 0.312. The molecule has 1 atom stereocenters. The Bertz CT molecular complexity index is 619. The average Bonchev–Trinajstić information content (AvgIpc) is 2.85. The molecule has 0 spiro atoms. The minimum Gasteiger partial charge on any atom is -0.383 e. The Kier molecular flexibility index (Phi) is 3.19. The Labute approximate surface area is 117 Å². The lowest BCUT2D eigenvalue weighted by atomic mass is 10.2. The number of hydrogen-bond acceptors (Lipinski definition) is 5. The highest BCUT2D eigenvalue weighted by Gasteiger charge is 2.20. The number of likely N-dealkylation sites (tertiary alicyclic amines) is 1. The molecule has 2 aromatic heterocycles. The van der Waals surface area contributed by atoms with Crippen molar-refractivity contribution in [3.05, 3.63) is 16.3 Å². The van der Waals surface area contributed by atoms with Crippen LogP contribution in [0.1, 0.15) is 29.6 Å². The van der Waals surface area contributed by atoms with Gasteiger partial charge < -0.3 is 5.73 Å². The first-order valence-electron chi connectivity index (χ1n) is 6.79. The number of hydrogen-bond donors (Lipinski definition) is 1. The van der Waals surface area contributed by atoms with Crippen LogP contribution in [0.2, 0.25) is 0 Å². The number of aryl methyl sites for hydroxylation is 2. The predicted octanol–water partition coefficient (Wildman–Crippen LogP) is 2.73. The number of anilines is 1. The van der Waals surface area contributed by atoms with Crippen molar-refractivity contribution in [2.45, 2.75) is 33.7 Å². The van der Waals surface area contributed by atoms with Crippen LogP contribution in [0.25, 0.3) is 10.2 Å². The van der Waals surface area contributed by atoms with Crippen LogP contribution in [0.15, 0.2) is 0 Å². The Hall–Kier alpha value is -1.20. The van der Waals surface area contributed by atoms with Crippen LogP contribution in [0.4, 0.5) is 5.82 Å². The van der Waals surface area contributed by atoms with Crippen LogP contribution < -0.4 is 5.73 Å². The van der Waals surface area contributed by atoms with Gasteiger partial charge in [-0.15, -0.1) is 11.3 Å². The highest BCUT2D eigenvalue weighted by Crippen LogP contribution is 2.32. The topological polar surface area (TPSA) is 55.0 Å². The van der Waals surface area contributed by atoms with Crippen molar-refractivity contribution in [2.75, 3.05) is 18.8 Å². The van der Waals surface area contributed by atoms with Crippen molar-refractivity contribution < 1.29 is 0 Å². The molecule has 0 saturated carbocycles. The summed E-state index contributed by atoms with van der Waals surface area (Å²) in [4.78, 5) is 13.9. The number of nitrogen functional groups attached to an aromatic ring is 1. The summed E-state index contributed by atoms with van der Waals surface area (Å²) in [6, 6.07) is 0. The lowest BCUT2D eigenvalue weighted by Crippen LogP contribution is -2.21. The first-order valence-corrected chi connectivity index (χ1v) is 7.60. The molecule has 5 heteroatoms. The van der Waals surface area contributed by atoms with Gasteiger partial charge in [0.15, 0.2) is 0 Å². The fourth-order valence-corrected chi connectivity index (χ4v) is 3.82. The van der Waals surface area contributed by atoms with Crippen LogP contribution >= 0.6 is 11.3 Å². The van der Waals surface area contributed by atoms with E-state index in [2.05, 4.69) is 30.7 Å². The van der Waals surface area contributed by atoms with E-state index in [1.54, 1.807) is 11.3 Å². The molecule has 1 saturated heterocycles. The molecule has 1 aliphatic heterocycles. The van der Waals surface area contributed by atoms with Crippen LogP contribution in [0.5, 0.6) is 0 Å². The predicted molar refractivity (Wildman–Crippen MR) is 80.4 cm³/mol. The number of nitrogens with zero attached hydrogens (tertiary/aromatic N) is 3. The Morgan fingerprint density at radius 1 is 1.37 bits per heavy atom. The summed E-state index contributed by atoms with van der Waals surface area (Å²) in [5, 5.41) is 1.04. The molecular formula is C14H20N4S. The normalized spacial score (nSPS) is 20.5. The molecular weight excluding hydrogens is 256 g/mol. The fraction of sp³-hybridized carbons (Fsp3) is 0.571. The highest BCUT2D eigenvalue weighted by molar-refractivity contribution is 7.18. The van der Waals surface area contributed by atoms with Gasteiger partial charge in [-0.2, -0.15) is 0 Å². The van der Waals surface area contributed by atoms with Gasteiger partial charge in [-0.3, -0.25) is 4.90 Å². The molecule has 0 aromatic carbocycles. The third-order valence-corrected chi connectivity index (χ3v) is 5.08. The van der Waals surface area contributed by atoms with Gasteiger partial charge >= 0.3 is 0 Å². The summed E-state index contributed by atoms with van der Waals surface area (Å²) in [7, 11) is 0. The largest absolute Gasteiger partial charge is 0.383 e. The zero-order valence-corrected chi connectivity index (χ0v) is 12.5. The molecule has 1 fully saturated rings. The van der Waals surface area contributed by atoms with E-state index in [9.17, 15) is 0 Å². The minimum absolute atomic E-state index is 0.633. The maximum Gasteiger partial charge on any atom is 0.146 e. The van der Waals surface area contributed by atoms with Crippen molar-refractivity contribution in [1.29, 1.82) is 0 Å². The van der Waals surface area contributed by atoms with E-state index >= 15 is 0 Å². The molecule has 0 radical (unpaired) electrons. The van der Waals surface area contributed by atoms with Crippen LogP contribution in [-0.2, 0) is 6.54 Å². The monoisotopic (exact) mass is 276 g/mol. The standard InChI is InChI=1S/C14H20N4S/c1-8-4-5-18(6-8)7-11-16-13(15)12-9(2)10(3)19-14(12)17-11/h8H,4-7H2,1-3H3,(H2,15,16,17). The summed E-state index contributed by atoms with van der Waals surface area (Å²) in [6.07, 6.45) is 1.27. The summed E-state index contributed by atoms with van der Waals surface area (Å²) in [5.74, 6) is 2.28. The first kappa shape index (κ1) is 12.8. The van der Waals surface area contributed by atoms with Gasteiger partial charge in [-0.25, -0.2) is 9.97 Å². The summed E-state index contributed by atoms with van der Waals surface area (Å²) < 4.78 is 0. The van der Waals surface area contributed by atoms with Crippen molar-refractivity contribution in [2.24, 2.45) is 5.92 Å². The molecule has 1 aliphatic rings. The molecule has 0 amide bonds. The number of thiophene rings is 1. The molecule has 0 bridgehead atoms. The maximum atomic E-state index is 6.11. The van der Waals surface area contributed by atoms with Crippen molar-refractivity contribution in [3.8, 4) is 0 Å². The Morgan fingerprint density at radius 2 is 2.16 bits per heavy atom. The number of rotatable bonds is 2. The molecule has 19 heavy (non-hydrogen) atoms. The zero-order chi connectivity index (χ0) is 13.6. The van der Waals surface area contributed by atoms with Gasteiger partial charge in [0.1, 0.15) is 16.5 Å². The number of aromatic nitrogens is 2. The van der Waals surface area contributed by atoms with Crippen LogP contribution in [-0.4, -0.2) is 28.0 Å². The average molecular weight is 276 g/mol. The van der Waals surface area contributed by atoms with Crippen molar-refractivity contribution in [3.63, 3.8) is 0 Å². The highest BCUT2D eigenvalue weighted by atomic mass is 32.1. The second kappa shape index (κ2) is 4.72. The third-order valence-electron chi connectivity index (χ3n) is 3.98. The molecule has 2 aromatic rings. The molecule has 3 rings (SSSR count). The molecule has 102 valence electrons. The summed E-state index contributed by atoms with van der Waals surface area (Å²) in [6.45, 7) is 9.61. The second-order valence-electron chi connectivity index (χ2n) is 5.62. The van der Waals surface area contributed by atoms with Crippen molar-refractivity contribution in [1.82, 2.24) is 14.9 Å². The SMILES string of the molecule is Cc1sc2nc(CN3CCC(C)C3)nc(N)c2c1C. The van der Waals surface area contributed by atoms with Gasteiger partial charge in [-0.1, -0.05) is 6.92 Å². The van der Waals surface area contributed by atoms with Gasteiger partial charge in [0.2, 0.25) is 0 Å². The van der Waals surface area contributed by atoms with E-state index in [4.69, 9.17) is 10.7 Å². The van der Waals surface area contributed by atoms with Crippen molar-refractivity contribution >= 4 is 27.4 Å². The first-order chi connectivity index (χ1) is 9.04. The Balaban J connectivity index is 1.93. The Morgan fingerprint density at radius 3 is 2.84 bits per heavy atom. The van der Waals surface area contributed by atoms with Gasteiger partial charge in [0.05, 0.1) is 11.9 Å². The van der Waals surface area contributed by atoms with Crippen LogP contribution in [0, 0.1) is 19.8 Å². The molecule has 2 N–H and O–H groups in total. The summed E-state index contributed by atoms with van der Waals surface area (Å²) in [5.41, 5.74) is 7.33. The molecule has 0 aliphatic carbocycles. The van der Waals surface area contributed by atoms with E-state index < -0.39 is 0 Å². The molecule has 1 unspecified atom stereocenters. The molecule has 4 nitrogen and oxygen atoms in total. The second-order valence-corrected chi connectivity index (χ2v) is 6.82. The van der Waals surface area contributed by atoms with E-state index in [0.29, 0.717) is 5.82 Å². The van der Waals surface area contributed by atoms with Gasteiger partial charge in [0, 0.05) is 11.4 Å². The number of nitrogens with two attached hydrogens (primary N) is 1. The fourth-order valence-electron chi connectivity index (χ4n) is 2.77. The van der Waals surface area contributed by atoms with Crippen LogP contribution in [0.3, 0.4) is 0 Å². The summed E-state index contributed by atoms with van der Waals surface area (Å²) >= 11 is 1.72. The quantitative estimate of drug-likeness (QED) is 0.916. The maximum absolute atomic E-state index is 6.11. The minimum atomic E-state index is 0.633. The van der Waals surface area contributed by atoms with Gasteiger partial charge in [0.25, 0.3) is 0 Å². The van der Waals surface area contributed by atoms with E-state index in [1.807, 2.05) is 0 Å².